The van der Waals surface area contributed by atoms with Gasteiger partial charge in [-0.25, -0.2) is 0 Å². The Bertz CT molecular complexity index is 1760. The molecule has 12 heteroatoms. The quantitative estimate of drug-likeness (QED) is 0.208. The number of rotatable bonds is 1. The second-order valence-electron chi connectivity index (χ2n) is 11.4. The molecule has 1 aliphatic carbocycles. The molecule has 4 heterocycles. The summed E-state index contributed by atoms with van der Waals surface area (Å²) in [5, 5.41) is 73.6. The Morgan fingerprint density at radius 1 is 0.833 bits per heavy atom. The number of hydrogen-bond acceptors (Lipinski definition) is 12. The minimum Gasteiger partial charge on any atom is -0.508 e. The maximum Gasteiger partial charge on any atom is 0.235 e. The molecule has 0 aromatic heterocycles. The number of phenolic OH excluding ortho intramolecular Hbond substituents is 5. The van der Waals surface area contributed by atoms with Gasteiger partial charge in [0.25, 0.3) is 0 Å². The Morgan fingerprint density at radius 3 is 2.40 bits per heavy atom. The number of aliphatic hydroxyl groups is 2. The molecule has 0 amide bonds. The number of carbonyl (C=O) groups is 1. The van der Waals surface area contributed by atoms with E-state index in [9.17, 15) is 40.5 Å². The van der Waals surface area contributed by atoms with Crippen molar-refractivity contribution in [2.75, 3.05) is 0 Å². The van der Waals surface area contributed by atoms with Crippen molar-refractivity contribution in [1.82, 2.24) is 0 Å². The van der Waals surface area contributed by atoms with Gasteiger partial charge in [0.2, 0.25) is 11.6 Å². The first-order valence-electron chi connectivity index (χ1n) is 13.3. The van der Waals surface area contributed by atoms with Crippen molar-refractivity contribution >= 4 is 11.4 Å². The SMILES string of the molecule is O=C1C=C2c3c(cc(O)c4c3O[C@@H](c3ccc(O)c(O)c3)[C@H](O)C4)O[C@@]23C[C@]1(O)O[C@@H]1Cc2c(O)cc(O)cc2O[C@H]13. The van der Waals surface area contributed by atoms with Crippen LogP contribution in [-0.2, 0) is 22.4 Å². The van der Waals surface area contributed by atoms with Gasteiger partial charge in [0.05, 0.1) is 18.1 Å². The van der Waals surface area contributed by atoms with Crippen LogP contribution >= 0.6 is 0 Å². The van der Waals surface area contributed by atoms with E-state index in [4.69, 9.17) is 18.9 Å². The van der Waals surface area contributed by atoms with Gasteiger partial charge in [-0.15, -0.1) is 0 Å². The Balaban J connectivity index is 1.28. The highest BCUT2D eigenvalue weighted by molar-refractivity contribution is 6.08. The van der Waals surface area contributed by atoms with Crippen LogP contribution in [0.25, 0.3) is 5.57 Å². The van der Waals surface area contributed by atoms with Crippen molar-refractivity contribution in [3.05, 3.63) is 64.7 Å². The number of hydrogen-bond donors (Lipinski definition) is 7. The molecule has 0 radical (unpaired) electrons. The van der Waals surface area contributed by atoms with Crippen LogP contribution < -0.4 is 14.2 Å². The normalized spacial score (nSPS) is 31.7. The molecule has 3 aromatic rings. The molecule has 0 saturated carbocycles. The van der Waals surface area contributed by atoms with Crippen LogP contribution in [0.3, 0.4) is 0 Å². The van der Waals surface area contributed by atoms with Crippen LogP contribution in [0.15, 0.2) is 42.5 Å². The summed E-state index contributed by atoms with van der Waals surface area (Å²) in [6, 6.07) is 7.87. The number of benzene rings is 3. The molecule has 12 nitrogen and oxygen atoms in total. The van der Waals surface area contributed by atoms with Crippen molar-refractivity contribution < 1.29 is 59.5 Å². The van der Waals surface area contributed by atoms with Crippen molar-refractivity contribution in [3.63, 3.8) is 0 Å². The number of ether oxygens (including phenoxy) is 4. The zero-order chi connectivity index (χ0) is 29.3. The highest BCUT2D eigenvalue weighted by Gasteiger charge is 2.69. The Labute approximate surface area is 236 Å². The molecule has 5 aliphatic rings. The predicted molar refractivity (Wildman–Crippen MR) is 140 cm³/mol. The first-order chi connectivity index (χ1) is 20.0. The maximum absolute atomic E-state index is 13.3. The fraction of sp³-hybridized carbons (Fsp3) is 0.300. The fourth-order valence-electron chi connectivity index (χ4n) is 6.94. The molecule has 2 bridgehead atoms. The van der Waals surface area contributed by atoms with Crippen LogP contribution in [0.4, 0.5) is 0 Å². The van der Waals surface area contributed by atoms with Crippen molar-refractivity contribution in [3.8, 4) is 46.0 Å². The van der Waals surface area contributed by atoms with Gasteiger partial charge < -0.3 is 54.7 Å². The third-order valence-electron chi connectivity index (χ3n) is 8.81. The van der Waals surface area contributed by atoms with Gasteiger partial charge >= 0.3 is 0 Å². The van der Waals surface area contributed by atoms with Gasteiger partial charge in [-0.1, -0.05) is 6.07 Å². The van der Waals surface area contributed by atoms with Crippen LogP contribution in [0.5, 0.6) is 46.0 Å². The van der Waals surface area contributed by atoms with Crippen molar-refractivity contribution in [2.24, 2.45) is 0 Å². The molecule has 1 fully saturated rings. The van der Waals surface area contributed by atoms with Crippen molar-refractivity contribution in [1.29, 1.82) is 0 Å². The lowest BCUT2D eigenvalue weighted by atomic mass is 9.69. The molecular formula is C30H24O12. The summed E-state index contributed by atoms with van der Waals surface area (Å²) in [6.45, 7) is 0. The minimum atomic E-state index is -2.26. The molecular weight excluding hydrogens is 552 g/mol. The van der Waals surface area contributed by atoms with Gasteiger partial charge in [-0.2, -0.15) is 0 Å². The first kappa shape index (κ1) is 25.1. The molecule has 3 aromatic carbocycles. The van der Waals surface area contributed by atoms with Gasteiger partial charge in [0.1, 0.15) is 46.7 Å². The van der Waals surface area contributed by atoms with E-state index in [1.807, 2.05) is 0 Å². The number of aromatic hydroxyl groups is 5. The van der Waals surface area contributed by atoms with E-state index in [0.29, 0.717) is 22.3 Å². The van der Waals surface area contributed by atoms with Gasteiger partial charge in [0, 0.05) is 47.7 Å². The molecule has 6 atom stereocenters. The average molecular weight is 577 g/mol. The number of aliphatic hydroxyl groups excluding tert-OH is 1. The van der Waals surface area contributed by atoms with Gasteiger partial charge in [-0.3, -0.25) is 4.79 Å². The zero-order valence-electron chi connectivity index (χ0n) is 21.6. The number of ketones is 1. The highest BCUT2D eigenvalue weighted by Crippen LogP contribution is 2.62. The lowest BCUT2D eigenvalue weighted by Crippen LogP contribution is -2.70. The van der Waals surface area contributed by atoms with E-state index < -0.39 is 47.3 Å². The highest BCUT2D eigenvalue weighted by atomic mass is 16.7. The number of phenols is 5. The lowest BCUT2D eigenvalue weighted by Gasteiger charge is -2.53. The molecule has 8 rings (SSSR count). The molecule has 216 valence electrons. The average Bonchev–Trinajstić information content (AvgIpc) is 3.22. The Hall–Kier alpha value is -4.65. The van der Waals surface area contributed by atoms with E-state index in [1.54, 1.807) is 0 Å². The second-order valence-corrected chi connectivity index (χ2v) is 11.4. The van der Waals surface area contributed by atoms with Crippen LogP contribution in [0.1, 0.15) is 34.8 Å². The molecule has 1 saturated heterocycles. The zero-order valence-corrected chi connectivity index (χ0v) is 21.6. The summed E-state index contributed by atoms with van der Waals surface area (Å²) in [5.74, 6) is -3.95. The van der Waals surface area contributed by atoms with E-state index >= 15 is 0 Å². The largest absolute Gasteiger partial charge is 0.508 e. The molecule has 7 N–H and O–H groups in total. The fourth-order valence-corrected chi connectivity index (χ4v) is 6.94. The summed E-state index contributed by atoms with van der Waals surface area (Å²) in [7, 11) is 0. The summed E-state index contributed by atoms with van der Waals surface area (Å²) >= 11 is 0. The lowest BCUT2D eigenvalue weighted by molar-refractivity contribution is -0.290. The monoisotopic (exact) mass is 576 g/mol. The van der Waals surface area contributed by atoms with Crippen LogP contribution in [0, 0.1) is 0 Å². The van der Waals surface area contributed by atoms with Crippen molar-refractivity contribution in [2.45, 2.75) is 55.1 Å². The summed E-state index contributed by atoms with van der Waals surface area (Å²) in [6.07, 6.45) is -3.23. The molecule has 4 aliphatic heterocycles. The second kappa shape index (κ2) is 8.00. The number of carbonyl (C=O) groups excluding carboxylic acids is 1. The molecule has 1 spiro atoms. The van der Waals surface area contributed by atoms with Crippen LogP contribution in [-0.4, -0.2) is 71.2 Å². The Morgan fingerprint density at radius 2 is 1.62 bits per heavy atom. The van der Waals surface area contributed by atoms with E-state index in [2.05, 4.69) is 0 Å². The van der Waals surface area contributed by atoms with E-state index in [-0.39, 0.29) is 65.1 Å². The molecule has 42 heavy (non-hydrogen) atoms. The molecule has 0 unspecified atom stereocenters. The third kappa shape index (κ3) is 3.19. The summed E-state index contributed by atoms with van der Waals surface area (Å²) in [4.78, 5) is 13.3. The summed E-state index contributed by atoms with van der Waals surface area (Å²) < 4.78 is 24.9. The van der Waals surface area contributed by atoms with Gasteiger partial charge in [0.15, 0.2) is 23.2 Å². The standard InChI is InChI=1S/C30H24O12/c31-12-4-17(33)13-7-23-28(39-21(13)5-12)29-10-30(38,42-23)24(37)8-15(29)25-22(41-29)9-18(34)14-6-20(36)26(40-27(14)25)11-1-2-16(32)19(35)3-11/h1-5,8-9,20,23,26,28,31-36,38H,6-7,10H2/t20-,23-,26+,28-,29+,30+/m1/s1. The predicted octanol–water partition coefficient (Wildman–Crippen LogP) is 1.83. The maximum atomic E-state index is 13.3. The minimum absolute atomic E-state index is 0.0366. The first-order valence-corrected chi connectivity index (χ1v) is 13.3. The van der Waals surface area contributed by atoms with Gasteiger partial charge in [-0.05, 0) is 23.8 Å². The summed E-state index contributed by atoms with van der Waals surface area (Å²) in [5.41, 5.74) is 0.0962. The van der Waals surface area contributed by atoms with E-state index in [1.165, 1.54) is 36.4 Å². The smallest absolute Gasteiger partial charge is 0.235 e. The van der Waals surface area contributed by atoms with Crippen LogP contribution in [0.2, 0.25) is 0 Å². The topological polar surface area (TPSA) is 196 Å². The van der Waals surface area contributed by atoms with E-state index in [0.717, 1.165) is 6.07 Å². The number of fused-ring (bicyclic) bond motifs is 7. The Kier molecular flexibility index (Phi) is 4.78. The third-order valence-corrected chi connectivity index (χ3v) is 8.81.